The second-order valence-corrected chi connectivity index (χ2v) is 10.1. The monoisotopic (exact) mass is 411 g/mol. The number of hydrogen-bond acceptors (Lipinski definition) is 4. The van der Waals surface area contributed by atoms with Gasteiger partial charge in [-0.2, -0.15) is 0 Å². The zero-order valence-electron chi connectivity index (χ0n) is 17.4. The average molecular weight is 412 g/mol. The van der Waals surface area contributed by atoms with Gasteiger partial charge < -0.3 is 4.90 Å². The Balaban J connectivity index is 1.71. The van der Waals surface area contributed by atoms with E-state index in [1.165, 1.54) is 3.97 Å². The molecule has 0 N–H and O–H groups in total. The second kappa shape index (κ2) is 7.94. The fraction of sp³-hybridized carbons (Fsp3) is 0.391. The topological polar surface area (TPSA) is 45.6 Å². The molecule has 1 saturated heterocycles. The number of piperazine rings is 1. The molecule has 154 valence electrons. The lowest BCUT2D eigenvalue weighted by molar-refractivity contribution is 0.148. The van der Waals surface area contributed by atoms with Crippen molar-refractivity contribution in [1.82, 2.24) is 13.8 Å². The highest BCUT2D eigenvalue weighted by Crippen LogP contribution is 2.28. The van der Waals surface area contributed by atoms with Crippen LogP contribution in [0.3, 0.4) is 0 Å². The quantitative estimate of drug-likeness (QED) is 0.642. The van der Waals surface area contributed by atoms with Crippen molar-refractivity contribution in [2.75, 3.05) is 33.2 Å². The van der Waals surface area contributed by atoms with Gasteiger partial charge in [0.2, 0.25) is 0 Å². The van der Waals surface area contributed by atoms with Crippen LogP contribution in [0.2, 0.25) is 0 Å². The Kier molecular flexibility index (Phi) is 5.51. The number of aromatic nitrogens is 1. The second-order valence-electron chi connectivity index (χ2n) is 8.28. The van der Waals surface area contributed by atoms with E-state index < -0.39 is 10.0 Å². The molecule has 2 aromatic carbocycles. The molecule has 0 radical (unpaired) electrons. The SMILES string of the molecule is CC(C)c1ccc(S(=O)(=O)n2cc(CN3CCN(C)CC3)c3ccccc32)cc1. The lowest BCUT2D eigenvalue weighted by Crippen LogP contribution is -2.43. The van der Waals surface area contributed by atoms with Crippen LogP contribution in [0, 0.1) is 0 Å². The van der Waals surface area contributed by atoms with Crippen LogP contribution in [0.5, 0.6) is 0 Å². The van der Waals surface area contributed by atoms with E-state index in [2.05, 4.69) is 30.7 Å². The van der Waals surface area contributed by atoms with Gasteiger partial charge in [-0.05, 0) is 42.3 Å². The van der Waals surface area contributed by atoms with Crippen LogP contribution in [0.15, 0.2) is 59.6 Å². The first-order valence-corrected chi connectivity index (χ1v) is 11.7. The summed E-state index contributed by atoms with van der Waals surface area (Å²) < 4.78 is 28.3. The van der Waals surface area contributed by atoms with Gasteiger partial charge >= 0.3 is 0 Å². The summed E-state index contributed by atoms with van der Waals surface area (Å²) in [6.07, 6.45) is 1.81. The highest BCUT2D eigenvalue weighted by molar-refractivity contribution is 7.90. The lowest BCUT2D eigenvalue weighted by Gasteiger charge is -2.32. The standard InChI is InChI=1S/C23H29N3O2S/c1-18(2)19-8-10-21(11-9-19)29(27,28)26-17-20(22-6-4-5-7-23(22)26)16-25-14-12-24(3)13-15-25/h4-11,17-18H,12-16H2,1-3H3. The molecular weight excluding hydrogens is 382 g/mol. The number of rotatable bonds is 5. The number of fused-ring (bicyclic) bond motifs is 1. The molecule has 4 rings (SSSR count). The van der Waals surface area contributed by atoms with Crippen LogP contribution in [0.1, 0.15) is 30.9 Å². The van der Waals surface area contributed by atoms with Crippen molar-refractivity contribution in [3.05, 3.63) is 65.9 Å². The van der Waals surface area contributed by atoms with Gasteiger partial charge in [-0.3, -0.25) is 4.90 Å². The molecular formula is C23H29N3O2S. The number of para-hydroxylation sites is 1. The van der Waals surface area contributed by atoms with Gasteiger partial charge in [0, 0.05) is 44.3 Å². The number of benzene rings is 2. The Morgan fingerprint density at radius 3 is 2.24 bits per heavy atom. The molecule has 0 amide bonds. The molecule has 3 aromatic rings. The third-order valence-electron chi connectivity index (χ3n) is 5.85. The Bertz CT molecular complexity index is 1090. The van der Waals surface area contributed by atoms with E-state index >= 15 is 0 Å². The summed E-state index contributed by atoms with van der Waals surface area (Å²) in [5.74, 6) is 0.370. The first-order valence-electron chi connectivity index (χ1n) is 10.2. The predicted octanol–water partition coefficient (Wildman–Crippen LogP) is 3.75. The molecule has 1 aromatic heterocycles. The van der Waals surface area contributed by atoms with Gasteiger partial charge in [0.15, 0.2) is 0 Å². The molecule has 1 aliphatic rings. The molecule has 0 bridgehead atoms. The van der Waals surface area contributed by atoms with Crippen LogP contribution in [-0.2, 0) is 16.6 Å². The molecule has 0 spiro atoms. The largest absolute Gasteiger partial charge is 0.304 e. The predicted molar refractivity (Wildman–Crippen MR) is 118 cm³/mol. The smallest absolute Gasteiger partial charge is 0.268 e. The van der Waals surface area contributed by atoms with E-state index in [9.17, 15) is 8.42 Å². The van der Waals surface area contributed by atoms with E-state index in [0.717, 1.165) is 54.8 Å². The van der Waals surface area contributed by atoms with Gasteiger partial charge in [-0.1, -0.05) is 44.2 Å². The van der Waals surface area contributed by atoms with E-state index in [-0.39, 0.29) is 0 Å². The molecule has 0 unspecified atom stereocenters. The Morgan fingerprint density at radius 1 is 0.931 bits per heavy atom. The maximum Gasteiger partial charge on any atom is 0.268 e. The van der Waals surface area contributed by atoms with Crippen molar-refractivity contribution in [1.29, 1.82) is 0 Å². The van der Waals surface area contributed by atoms with Crippen molar-refractivity contribution >= 4 is 20.9 Å². The Morgan fingerprint density at radius 2 is 1.59 bits per heavy atom. The first kappa shape index (κ1) is 20.1. The minimum Gasteiger partial charge on any atom is -0.304 e. The number of hydrogen-bond donors (Lipinski definition) is 0. The summed E-state index contributed by atoms with van der Waals surface area (Å²) in [6, 6.07) is 15.1. The van der Waals surface area contributed by atoms with Crippen LogP contribution >= 0.6 is 0 Å². The third kappa shape index (κ3) is 3.97. The highest BCUT2D eigenvalue weighted by atomic mass is 32.2. The number of nitrogens with zero attached hydrogens (tertiary/aromatic N) is 3. The van der Waals surface area contributed by atoms with Gasteiger partial charge in [-0.25, -0.2) is 12.4 Å². The lowest BCUT2D eigenvalue weighted by atomic mass is 10.0. The zero-order valence-corrected chi connectivity index (χ0v) is 18.2. The molecule has 1 aliphatic heterocycles. The molecule has 0 saturated carbocycles. The van der Waals surface area contributed by atoms with E-state index in [4.69, 9.17) is 0 Å². The Hall–Kier alpha value is -2.15. The molecule has 1 fully saturated rings. The minimum absolute atomic E-state index is 0.328. The molecule has 0 atom stereocenters. The Labute approximate surface area is 173 Å². The molecule has 5 nitrogen and oxygen atoms in total. The van der Waals surface area contributed by atoms with Crippen molar-refractivity contribution in [2.45, 2.75) is 31.2 Å². The van der Waals surface area contributed by atoms with Crippen LogP contribution in [0.25, 0.3) is 10.9 Å². The van der Waals surface area contributed by atoms with E-state index in [0.29, 0.717) is 10.8 Å². The fourth-order valence-electron chi connectivity index (χ4n) is 3.93. The van der Waals surface area contributed by atoms with Crippen molar-refractivity contribution in [3.63, 3.8) is 0 Å². The normalized spacial score (nSPS) is 16.7. The van der Waals surface area contributed by atoms with Gasteiger partial charge in [-0.15, -0.1) is 0 Å². The molecule has 29 heavy (non-hydrogen) atoms. The number of likely N-dealkylation sites (N-methyl/N-ethyl adjacent to an activating group) is 1. The maximum absolute atomic E-state index is 13.4. The van der Waals surface area contributed by atoms with Gasteiger partial charge in [0.1, 0.15) is 0 Å². The van der Waals surface area contributed by atoms with Crippen LogP contribution in [-0.4, -0.2) is 55.4 Å². The maximum atomic E-state index is 13.4. The van der Waals surface area contributed by atoms with Gasteiger partial charge in [0.05, 0.1) is 10.4 Å². The molecule has 0 aliphatic carbocycles. The van der Waals surface area contributed by atoms with Crippen molar-refractivity contribution < 1.29 is 8.42 Å². The molecule has 2 heterocycles. The fourth-order valence-corrected chi connectivity index (χ4v) is 5.32. The summed E-state index contributed by atoms with van der Waals surface area (Å²) in [7, 11) is -1.51. The van der Waals surface area contributed by atoms with E-state index in [1.54, 1.807) is 12.1 Å². The zero-order chi connectivity index (χ0) is 20.6. The summed E-state index contributed by atoms with van der Waals surface area (Å²) in [4.78, 5) is 5.05. The van der Waals surface area contributed by atoms with Crippen LogP contribution in [0.4, 0.5) is 0 Å². The average Bonchev–Trinajstić information content (AvgIpc) is 3.09. The van der Waals surface area contributed by atoms with E-state index in [1.807, 2.05) is 42.6 Å². The minimum atomic E-state index is -3.65. The summed E-state index contributed by atoms with van der Waals surface area (Å²) >= 11 is 0. The first-order chi connectivity index (χ1) is 13.9. The highest BCUT2D eigenvalue weighted by Gasteiger charge is 2.23. The van der Waals surface area contributed by atoms with Crippen LogP contribution < -0.4 is 0 Å². The van der Waals surface area contributed by atoms with Crippen molar-refractivity contribution in [3.8, 4) is 0 Å². The third-order valence-corrected chi connectivity index (χ3v) is 7.54. The summed E-state index contributed by atoms with van der Waals surface area (Å²) in [5.41, 5.74) is 2.94. The van der Waals surface area contributed by atoms with Gasteiger partial charge in [0.25, 0.3) is 10.0 Å². The summed E-state index contributed by atoms with van der Waals surface area (Å²) in [5, 5.41) is 1.01. The molecule has 6 heteroatoms. The summed E-state index contributed by atoms with van der Waals surface area (Å²) in [6.45, 7) is 9.06. The van der Waals surface area contributed by atoms with Crippen molar-refractivity contribution in [2.24, 2.45) is 0 Å².